The Kier molecular flexibility index (Phi) is 4.42. The Labute approximate surface area is 135 Å². The first-order chi connectivity index (χ1) is 11.1. The van der Waals surface area contributed by atoms with Crippen LogP contribution < -0.4 is 5.32 Å². The van der Waals surface area contributed by atoms with Gasteiger partial charge >= 0.3 is 5.97 Å². The first-order valence-corrected chi connectivity index (χ1v) is 7.83. The molecule has 1 amide bonds. The van der Waals surface area contributed by atoms with E-state index in [1.54, 1.807) is 18.2 Å². The van der Waals surface area contributed by atoms with E-state index >= 15 is 0 Å². The van der Waals surface area contributed by atoms with E-state index < -0.39 is 5.97 Å². The van der Waals surface area contributed by atoms with Gasteiger partial charge < -0.3 is 10.4 Å². The number of carbonyl (C=O) groups excluding carboxylic acids is 1. The summed E-state index contributed by atoms with van der Waals surface area (Å²) in [5, 5.41) is 12.3. The molecule has 1 atom stereocenters. The molecule has 1 unspecified atom stereocenters. The highest BCUT2D eigenvalue weighted by atomic mass is 16.4. The molecule has 0 spiro atoms. The summed E-state index contributed by atoms with van der Waals surface area (Å²) in [5.74, 6) is -1.14. The second-order valence-corrected chi connectivity index (χ2v) is 5.85. The zero-order valence-electron chi connectivity index (χ0n) is 12.8. The van der Waals surface area contributed by atoms with Crippen molar-refractivity contribution in [3.63, 3.8) is 0 Å². The molecule has 3 rings (SSSR count). The SMILES string of the molecule is O=C(Cc1ccccc1C(=O)O)NC1CCCc2ccccc21. The summed E-state index contributed by atoms with van der Waals surface area (Å²) in [5.41, 5.74) is 3.20. The number of fused-ring (bicyclic) bond motifs is 1. The maximum absolute atomic E-state index is 12.4. The highest BCUT2D eigenvalue weighted by Gasteiger charge is 2.22. The summed E-state index contributed by atoms with van der Waals surface area (Å²) in [6, 6.07) is 14.8. The fourth-order valence-electron chi connectivity index (χ4n) is 3.21. The van der Waals surface area contributed by atoms with E-state index in [4.69, 9.17) is 0 Å². The molecule has 1 aliphatic rings. The van der Waals surface area contributed by atoms with E-state index in [1.165, 1.54) is 17.2 Å². The summed E-state index contributed by atoms with van der Waals surface area (Å²) in [6.45, 7) is 0. The molecule has 4 heteroatoms. The molecule has 0 saturated heterocycles. The minimum atomic E-state index is -1.00. The molecule has 1 aliphatic carbocycles. The van der Waals surface area contributed by atoms with Gasteiger partial charge in [0, 0.05) is 0 Å². The van der Waals surface area contributed by atoms with Crippen LogP contribution in [0, 0.1) is 0 Å². The standard InChI is InChI=1S/C19H19NO3/c21-18(12-14-7-2-4-10-16(14)19(22)23)20-17-11-5-8-13-6-1-3-9-15(13)17/h1-4,6-7,9-10,17H,5,8,11-12H2,(H,20,21)(H,22,23). The van der Waals surface area contributed by atoms with Crippen molar-refractivity contribution in [3.05, 3.63) is 70.8 Å². The fourth-order valence-corrected chi connectivity index (χ4v) is 3.21. The van der Waals surface area contributed by atoms with Gasteiger partial charge in [0.15, 0.2) is 0 Å². The zero-order valence-corrected chi connectivity index (χ0v) is 12.8. The molecular weight excluding hydrogens is 290 g/mol. The lowest BCUT2D eigenvalue weighted by molar-refractivity contribution is -0.121. The lowest BCUT2D eigenvalue weighted by Gasteiger charge is -2.26. The van der Waals surface area contributed by atoms with Crippen LogP contribution in [-0.2, 0) is 17.6 Å². The van der Waals surface area contributed by atoms with Crippen molar-refractivity contribution in [1.29, 1.82) is 0 Å². The highest BCUT2D eigenvalue weighted by Crippen LogP contribution is 2.29. The van der Waals surface area contributed by atoms with Crippen LogP contribution in [0.15, 0.2) is 48.5 Å². The lowest BCUT2D eigenvalue weighted by Crippen LogP contribution is -2.32. The van der Waals surface area contributed by atoms with E-state index in [2.05, 4.69) is 17.4 Å². The van der Waals surface area contributed by atoms with Crippen molar-refractivity contribution in [2.45, 2.75) is 31.7 Å². The van der Waals surface area contributed by atoms with Gasteiger partial charge in [-0.05, 0) is 42.0 Å². The summed E-state index contributed by atoms with van der Waals surface area (Å²) in [7, 11) is 0. The third-order valence-electron chi connectivity index (χ3n) is 4.30. The monoisotopic (exact) mass is 309 g/mol. The summed E-state index contributed by atoms with van der Waals surface area (Å²) >= 11 is 0. The molecule has 0 aromatic heterocycles. The van der Waals surface area contributed by atoms with Crippen molar-refractivity contribution < 1.29 is 14.7 Å². The minimum absolute atomic E-state index is 0.0180. The van der Waals surface area contributed by atoms with E-state index in [0.717, 1.165) is 19.3 Å². The number of nitrogens with one attached hydrogen (secondary N) is 1. The smallest absolute Gasteiger partial charge is 0.335 e. The van der Waals surface area contributed by atoms with Gasteiger partial charge in [-0.1, -0.05) is 42.5 Å². The second kappa shape index (κ2) is 6.65. The van der Waals surface area contributed by atoms with Crippen LogP contribution in [0.5, 0.6) is 0 Å². The summed E-state index contributed by atoms with van der Waals surface area (Å²) < 4.78 is 0. The number of rotatable bonds is 4. The Bertz CT molecular complexity index is 739. The molecule has 2 aromatic carbocycles. The number of hydrogen-bond donors (Lipinski definition) is 2. The minimum Gasteiger partial charge on any atom is -0.478 e. The molecule has 23 heavy (non-hydrogen) atoms. The van der Waals surface area contributed by atoms with E-state index in [1.807, 2.05) is 12.1 Å². The number of carboxylic acid groups (broad SMARTS) is 1. The first kappa shape index (κ1) is 15.3. The van der Waals surface area contributed by atoms with E-state index in [-0.39, 0.29) is 23.9 Å². The van der Waals surface area contributed by atoms with Crippen molar-refractivity contribution in [3.8, 4) is 0 Å². The normalized spacial score (nSPS) is 16.4. The molecule has 0 bridgehead atoms. The lowest BCUT2D eigenvalue weighted by atomic mass is 9.87. The maximum Gasteiger partial charge on any atom is 0.335 e. The molecule has 4 nitrogen and oxygen atoms in total. The average molecular weight is 309 g/mol. The number of aryl methyl sites for hydroxylation is 1. The molecule has 0 fully saturated rings. The van der Waals surface area contributed by atoms with Crippen LogP contribution in [-0.4, -0.2) is 17.0 Å². The van der Waals surface area contributed by atoms with Gasteiger partial charge in [0.2, 0.25) is 5.91 Å². The number of aromatic carboxylic acids is 1. The third-order valence-corrected chi connectivity index (χ3v) is 4.30. The van der Waals surface area contributed by atoms with Crippen molar-refractivity contribution in [2.75, 3.05) is 0 Å². The van der Waals surface area contributed by atoms with Gasteiger partial charge in [0.25, 0.3) is 0 Å². The number of hydrogen-bond acceptors (Lipinski definition) is 2. The molecule has 0 heterocycles. The van der Waals surface area contributed by atoms with Gasteiger partial charge in [-0.2, -0.15) is 0 Å². The van der Waals surface area contributed by atoms with Gasteiger partial charge in [-0.3, -0.25) is 4.79 Å². The number of carbonyl (C=O) groups is 2. The predicted octanol–water partition coefficient (Wildman–Crippen LogP) is 3.12. The first-order valence-electron chi connectivity index (χ1n) is 7.83. The highest BCUT2D eigenvalue weighted by molar-refractivity contribution is 5.91. The predicted molar refractivity (Wildman–Crippen MR) is 87.4 cm³/mol. The van der Waals surface area contributed by atoms with E-state index in [9.17, 15) is 14.7 Å². The fraction of sp³-hybridized carbons (Fsp3) is 0.263. The number of carboxylic acids is 1. The molecule has 2 N–H and O–H groups in total. The van der Waals surface area contributed by atoms with Crippen LogP contribution in [0.3, 0.4) is 0 Å². The summed E-state index contributed by atoms with van der Waals surface area (Å²) in [6.07, 6.45) is 3.10. The Balaban J connectivity index is 1.73. The van der Waals surface area contributed by atoms with Crippen LogP contribution in [0.25, 0.3) is 0 Å². The summed E-state index contributed by atoms with van der Waals surface area (Å²) in [4.78, 5) is 23.6. The number of amides is 1. The van der Waals surface area contributed by atoms with Crippen molar-refractivity contribution >= 4 is 11.9 Å². The molecular formula is C19H19NO3. The van der Waals surface area contributed by atoms with Crippen LogP contribution in [0.1, 0.15) is 45.9 Å². The van der Waals surface area contributed by atoms with Crippen molar-refractivity contribution in [1.82, 2.24) is 5.32 Å². The quantitative estimate of drug-likeness (QED) is 0.912. The molecule has 118 valence electrons. The third kappa shape index (κ3) is 3.42. The maximum atomic E-state index is 12.4. The molecule has 0 aliphatic heterocycles. The van der Waals surface area contributed by atoms with Gasteiger partial charge in [-0.25, -0.2) is 4.79 Å². The average Bonchev–Trinajstić information content (AvgIpc) is 2.55. The molecule has 0 radical (unpaired) electrons. The second-order valence-electron chi connectivity index (χ2n) is 5.85. The van der Waals surface area contributed by atoms with Crippen LogP contribution in [0.2, 0.25) is 0 Å². The Morgan fingerprint density at radius 2 is 1.83 bits per heavy atom. The van der Waals surface area contributed by atoms with Gasteiger partial charge in [-0.15, -0.1) is 0 Å². The Morgan fingerprint density at radius 3 is 2.65 bits per heavy atom. The number of benzene rings is 2. The van der Waals surface area contributed by atoms with Gasteiger partial charge in [0.1, 0.15) is 0 Å². The van der Waals surface area contributed by atoms with Crippen LogP contribution in [0.4, 0.5) is 0 Å². The van der Waals surface area contributed by atoms with Crippen LogP contribution >= 0.6 is 0 Å². The Morgan fingerprint density at radius 1 is 1.09 bits per heavy atom. The van der Waals surface area contributed by atoms with Gasteiger partial charge in [0.05, 0.1) is 18.0 Å². The van der Waals surface area contributed by atoms with E-state index in [0.29, 0.717) is 5.56 Å². The molecule has 2 aromatic rings. The Hall–Kier alpha value is -2.62. The molecule has 0 saturated carbocycles. The van der Waals surface area contributed by atoms with Crippen molar-refractivity contribution in [2.24, 2.45) is 0 Å². The largest absolute Gasteiger partial charge is 0.478 e. The topological polar surface area (TPSA) is 66.4 Å². The zero-order chi connectivity index (χ0) is 16.2.